The minimum absolute atomic E-state index is 0.0508. The van der Waals surface area contributed by atoms with Crippen LogP contribution in [0.2, 0.25) is 0 Å². The van der Waals surface area contributed by atoms with E-state index in [1.807, 2.05) is 47.8 Å². The number of hydrogen-bond acceptors (Lipinski definition) is 4. The third kappa shape index (κ3) is 2.71. The maximum Gasteiger partial charge on any atom is 0.118 e. The molecule has 0 atom stereocenters. The van der Waals surface area contributed by atoms with Crippen LogP contribution in [0, 0.1) is 0 Å². The van der Waals surface area contributed by atoms with Crippen LogP contribution >= 0.6 is 11.3 Å². The Bertz CT molecular complexity index is 778. The van der Waals surface area contributed by atoms with Crippen molar-refractivity contribution in [2.75, 3.05) is 12.8 Å². The maximum atomic E-state index is 9.44. The second-order valence-electron chi connectivity index (χ2n) is 4.95. The smallest absolute Gasteiger partial charge is 0.118 e. The first-order valence-corrected chi connectivity index (χ1v) is 7.82. The summed E-state index contributed by atoms with van der Waals surface area (Å²) in [6.45, 7) is 0.0508. The summed E-state index contributed by atoms with van der Waals surface area (Å²) in [7, 11) is 1.65. The molecule has 4 heteroatoms. The van der Waals surface area contributed by atoms with E-state index in [0.717, 1.165) is 38.6 Å². The number of methoxy groups -OCH3 is 1. The van der Waals surface area contributed by atoms with E-state index in [1.54, 1.807) is 18.4 Å². The Morgan fingerprint density at radius 1 is 1.00 bits per heavy atom. The molecule has 0 aliphatic carbocycles. The van der Waals surface area contributed by atoms with Crippen LogP contribution in [0.15, 0.2) is 53.9 Å². The van der Waals surface area contributed by atoms with Crippen LogP contribution in [0.5, 0.6) is 5.75 Å². The van der Waals surface area contributed by atoms with Gasteiger partial charge in [0, 0.05) is 16.1 Å². The average Bonchev–Trinajstić information content (AvgIpc) is 3.04. The predicted octanol–water partition coefficient (Wildman–Crippen LogP) is 4.17. The number of thiophene rings is 1. The summed E-state index contributed by atoms with van der Waals surface area (Å²) in [6, 6.07) is 15.8. The highest BCUT2D eigenvalue weighted by Crippen LogP contribution is 2.34. The molecule has 22 heavy (non-hydrogen) atoms. The summed E-state index contributed by atoms with van der Waals surface area (Å²) in [5.74, 6) is 0.818. The summed E-state index contributed by atoms with van der Waals surface area (Å²) >= 11 is 1.56. The Morgan fingerprint density at radius 3 is 2.41 bits per heavy atom. The van der Waals surface area contributed by atoms with Gasteiger partial charge in [0.2, 0.25) is 0 Å². The van der Waals surface area contributed by atoms with Gasteiger partial charge in [-0.3, -0.25) is 0 Å². The van der Waals surface area contributed by atoms with Gasteiger partial charge < -0.3 is 15.6 Å². The zero-order valence-corrected chi connectivity index (χ0v) is 13.1. The molecule has 3 rings (SSSR count). The predicted molar refractivity (Wildman–Crippen MR) is 92.1 cm³/mol. The molecular weight excluding hydrogens is 294 g/mol. The highest BCUT2D eigenvalue weighted by molar-refractivity contribution is 7.10. The van der Waals surface area contributed by atoms with Crippen LogP contribution < -0.4 is 10.5 Å². The quantitative estimate of drug-likeness (QED) is 0.711. The summed E-state index contributed by atoms with van der Waals surface area (Å²) in [5.41, 5.74) is 11.0. The fourth-order valence-electron chi connectivity index (χ4n) is 2.46. The molecule has 3 aromatic rings. The molecule has 0 radical (unpaired) electrons. The van der Waals surface area contributed by atoms with E-state index in [1.165, 1.54) is 0 Å². The largest absolute Gasteiger partial charge is 0.497 e. The molecule has 0 fully saturated rings. The molecule has 2 aromatic carbocycles. The number of nitrogen functional groups attached to an aromatic ring is 1. The molecule has 0 unspecified atom stereocenters. The molecule has 0 saturated carbocycles. The molecule has 3 nitrogen and oxygen atoms in total. The number of ether oxygens (including phenoxy) is 1. The van der Waals surface area contributed by atoms with E-state index in [4.69, 9.17) is 10.5 Å². The van der Waals surface area contributed by atoms with Crippen molar-refractivity contribution < 1.29 is 9.84 Å². The molecule has 0 spiro atoms. The number of benzene rings is 2. The number of aliphatic hydroxyl groups is 1. The van der Waals surface area contributed by atoms with Crippen molar-refractivity contribution in [2.24, 2.45) is 0 Å². The van der Waals surface area contributed by atoms with E-state index in [2.05, 4.69) is 6.07 Å². The van der Waals surface area contributed by atoms with Gasteiger partial charge in [0.15, 0.2) is 0 Å². The summed E-state index contributed by atoms with van der Waals surface area (Å²) in [4.78, 5) is 0.963. The Balaban J connectivity index is 2.06. The standard InChI is InChI=1S/C18H17NO2S/c1-21-14-5-2-12(3-6-14)16-10-13(4-7-17(16)19)15-8-9-22-18(15)11-20/h2-10,20H,11,19H2,1H3. The topological polar surface area (TPSA) is 55.5 Å². The third-order valence-corrected chi connectivity index (χ3v) is 4.56. The molecule has 1 heterocycles. The highest BCUT2D eigenvalue weighted by Gasteiger charge is 2.10. The molecule has 0 amide bonds. The number of aliphatic hydroxyl groups excluding tert-OH is 1. The fourth-order valence-corrected chi connectivity index (χ4v) is 3.22. The van der Waals surface area contributed by atoms with Crippen molar-refractivity contribution in [1.82, 2.24) is 0 Å². The van der Waals surface area contributed by atoms with Crippen LogP contribution in [0.4, 0.5) is 5.69 Å². The van der Waals surface area contributed by atoms with Crippen molar-refractivity contribution in [2.45, 2.75) is 6.61 Å². The molecule has 0 bridgehead atoms. The van der Waals surface area contributed by atoms with Crippen LogP contribution in [0.25, 0.3) is 22.3 Å². The van der Waals surface area contributed by atoms with E-state index >= 15 is 0 Å². The average molecular weight is 311 g/mol. The van der Waals surface area contributed by atoms with Crippen LogP contribution in [0.1, 0.15) is 4.88 Å². The first-order chi connectivity index (χ1) is 10.7. The normalized spacial score (nSPS) is 10.6. The van der Waals surface area contributed by atoms with Gasteiger partial charge in [-0.05, 0) is 52.4 Å². The maximum absolute atomic E-state index is 9.44. The minimum Gasteiger partial charge on any atom is -0.497 e. The van der Waals surface area contributed by atoms with Crippen molar-refractivity contribution in [3.8, 4) is 28.0 Å². The Kier molecular flexibility index (Phi) is 4.13. The Hall–Kier alpha value is -2.30. The van der Waals surface area contributed by atoms with Gasteiger partial charge in [0.05, 0.1) is 13.7 Å². The fraction of sp³-hybridized carbons (Fsp3) is 0.111. The Morgan fingerprint density at radius 2 is 1.73 bits per heavy atom. The number of nitrogens with two attached hydrogens (primary N) is 1. The number of rotatable bonds is 4. The van der Waals surface area contributed by atoms with Gasteiger partial charge in [-0.15, -0.1) is 11.3 Å². The van der Waals surface area contributed by atoms with E-state index < -0.39 is 0 Å². The van der Waals surface area contributed by atoms with Crippen LogP contribution in [-0.2, 0) is 6.61 Å². The molecule has 0 aliphatic heterocycles. The Labute approximate surface area is 133 Å². The molecule has 0 aliphatic rings. The summed E-state index contributed by atoms with van der Waals surface area (Å²) < 4.78 is 5.19. The van der Waals surface area contributed by atoms with E-state index in [9.17, 15) is 5.11 Å². The van der Waals surface area contributed by atoms with Crippen molar-refractivity contribution >= 4 is 17.0 Å². The lowest BCUT2D eigenvalue weighted by atomic mass is 9.98. The monoisotopic (exact) mass is 311 g/mol. The first kappa shape index (κ1) is 14.6. The van der Waals surface area contributed by atoms with Crippen molar-refractivity contribution in [3.05, 3.63) is 58.8 Å². The lowest BCUT2D eigenvalue weighted by molar-refractivity contribution is 0.286. The van der Waals surface area contributed by atoms with Crippen LogP contribution in [0.3, 0.4) is 0 Å². The number of anilines is 1. The van der Waals surface area contributed by atoms with Crippen LogP contribution in [-0.4, -0.2) is 12.2 Å². The van der Waals surface area contributed by atoms with Gasteiger partial charge in [-0.2, -0.15) is 0 Å². The van der Waals surface area contributed by atoms with Crippen molar-refractivity contribution in [1.29, 1.82) is 0 Å². The third-order valence-electron chi connectivity index (χ3n) is 3.65. The SMILES string of the molecule is COc1ccc(-c2cc(-c3ccsc3CO)ccc2N)cc1. The summed E-state index contributed by atoms with van der Waals surface area (Å²) in [5, 5.41) is 11.4. The zero-order valence-electron chi connectivity index (χ0n) is 12.2. The first-order valence-electron chi connectivity index (χ1n) is 6.94. The summed E-state index contributed by atoms with van der Waals surface area (Å²) in [6.07, 6.45) is 0. The van der Waals surface area contributed by atoms with E-state index in [0.29, 0.717) is 0 Å². The lowest BCUT2D eigenvalue weighted by Crippen LogP contribution is -1.92. The molecule has 3 N–H and O–H groups in total. The molecular formula is C18H17NO2S. The van der Waals surface area contributed by atoms with Crippen molar-refractivity contribution in [3.63, 3.8) is 0 Å². The second-order valence-corrected chi connectivity index (χ2v) is 5.95. The van der Waals surface area contributed by atoms with Gasteiger partial charge >= 0.3 is 0 Å². The van der Waals surface area contributed by atoms with Gasteiger partial charge in [-0.25, -0.2) is 0 Å². The van der Waals surface area contributed by atoms with E-state index in [-0.39, 0.29) is 6.61 Å². The lowest BCUT2D eigenvalue weighted by Gasteiger charge is -2.10. The molecule has 1 aromatic heterocycles. The highest BCUT2D eigenvalue weighted by atomic mass is 32.1. The minimum atomic E-state index is 0.0508. The number of hydrogen-bond donors (Lipinski definition) is 2. The van der Waals surface area contributed by atoms with Gasteiger partial charge in [-0.1, -0.05) is 18.2 Å². The van der Waals surface area contributed by atoms with Gasteiger partial charge in [0.1, 0.15) is 5.75 Å². The van der Waals surface area contributed by atoms with Gasteiger partial charge in [0.25, 0.3) is 0 Å². The molecule has 0 saturated heterocycles. The zero-order chi connectivity index (χ0) is 15.5. The molecule has 112 valence electrons. The second kappa shape index (κ2) is 6.22.